The fourth-order valence-corrected chi connectivity index (χ4v) is 3.55. The normalized spacial score (nSPS) is 11.2. The molecule has 0 bridgehead atoms. The van der Waals surface area contributed by atoms with Crippen molar-refractivity contribution < 1.29 is 4.74 Å². The number of rotatable bonds is 5. The van der Waals surface area contributed by atoms with Gasteiger partial charge in [-0.25, -0.2) is 0 Å². The monoisotopic (exact) mass is 335 g/mol. The number of benzene rings is 2. The molecule has 0 aliphatic rings. The van der Waals surface area contributed by atoms with E-state index in [4.69, 9.17) is 4.74 Å². The standard InChI is InChI=1S/C19H17N3OS/c1-14-13-18-20-21-19(22(18)17-10-6-5-9-16(14)17)24-12-11-23-15-7-3-2-4-8-15/h2-10,13H,11-12H2,1H3. The molecule has 2 aromatic heterocycles. The molecule has 4 rings (SSSR count). The molecule has 4 aromatic rings. The van der Waals surface area contributed by atoms with Gasteiger partial charge in [0, 0.05) is 11.1 Å². The third kappa shape index (κ3) is 2.83. The molecule has 24 heavy (non-hydrogen) atoms. The molecule has 2 aromatic carbocycles. The van der Waals surface area contributed by atoms with E-state index in [0.29, 0.717) is 6.61 Å². The van der Waals surface area contributed by atoms with Crippen molar-refractivity contribution in [3.8, 4) is 5.75 Å². The van der Waals surface area contributed by atoms with Crippen LogP contribution >= 0.6 is 11.8 Å². The third-order valence-electron chi connectivity index (χ3n) is 3.90. The molecule has 0 aliphatic carbocycles. The van der Waals surface area contributed by atoms with Gasteiger partial charge in [0.2, 0.25) is 0 Å². The lowest BCUT2D eigenvalue weighted by Gasteiger charge is -2.08. The number of fused-ring (bicyclic) bond motifs is 3. The van der Waals surface area contributed by atoms with Crippen molar-refractivity contribution in [3.63, 3.8) is 0 Å². The van der Waals surface area contributed by atoms with Crippen molar-refractivity contribution in [2.75, 3.05) is 12.4 Å². The zero-order valence-corrected chi connectivity index (χ0v) is 14.2. The number of pyridine rings is 1. The highest BCUT2D eigenvalue weighted by atomic mass is 32.2. The molecule has 2 heterocycles. The second-order valence-electron chi connectivity index (χ2n) is 5.53. The molecule has 0 amide bonds. The van der Waals surface area contributed by atoms with Crippen LogP contribution in [0.25, 0.3) is 16.6 Å². The summed E-state index contributed by atoms with van der Waals surface area (Å²) in [4.78, 5) is 0. The maximum Gasteiger partial charge on any atom is 0.196 e. The van der Waals surface area contributed by atoms with Gasteiger partial charge in [0.1, 0.15) is 5.75 Å². The first-order valence-electron chi connectivity index (χ1n) is 7.87. The summed E-state index contributed by atoms with van der Waals surface area (Å²) in [5, 5.41) is 10.8. The summed E-state index contributed by atoms with van der Waals surface area (Å²) in [6.45, 7) is 2.74. The Bertz CT molecular complexity index is 982. The molecule has 5 heteroatoms. The average Bonchev–Trinajstić information content (AvgIpc) is 3.03. The number of aromatic nitrogens is 3. The van der Waals surface area contributed by atoms with Gasteiger partial charge in [0.25, 0.3) is 0 Å². The molecular formula is C19H17N3OS. The van der Waals surface area contributed by atoms with Crippen LogP contribution in [0.15, 0.2) is 65.8 Å². The van der Waals surface area contributed by atoms with E-state index in [-0.39, 0.29) is 0 Å². The maximum absolute atomic E-state index is 5.74. The van der Waals surface area contributed by atoms with Crippen molar-refractivity contribution in [2.45, 2.75) is 12.1 Å². The predicted molar refractivity (Wildman–Crippen MR) is 97.9 cm³/mol. The van der Waals surface area contributed by atoms with Crippen LogP contribution in [0.5, 0.6) is 5.75 Å². The molecule has 0 spiro atoms. The van der Waals surface area contributed by atoms with E-state index in [2.05, 4.69) is 45.8 Å². The number of ether oxygens (including phenoxy) is 1. The van der Waals surface area contributed by atoms with Crippen molar-refractivity contribution >= 4 is 28.3 Å². The van der Waals surface area contributed by atoms with Crippen LogP contribution in [0.4, 0.5) is 0 Å². The molecule has 0 N–H and O–H groups in total. The summed E-state index contributed by atoms with van der Waals surface area (Å²) in [6, 6.07) is 20.3. The molecule has 0 radical (unpaired) electrons. The molecule has 0 saturated carbocycles. The summed E-state index contributed by atoms with van der Waals surface area (Å²) in [6.07, 6.45) is 0. The van der Waals surface area contributed by atoms with Crippen molar-refractivity contribution in [1.82, 2.24) is 14.6 Å². The summed E-state index contributed by atoms with van der Waals surface area (Å²) in [5.74, 6) is 1.71. The van der Waals surface area contributed by atoms with Crippen LogP contribution in [-0.4, -0.2) is 27.0 Å². The first-order chi connectivity index (χ1) is 11.8. The Kier molecular flexibility index (Phi) is 4.09. The lowest BCUT2D eigenvalue weighted by atomic mass is 10.1. The van der Waals surface area contributed by atoms with E-state index in [9.17, 15) is 0 Å². The Balaban J connectivity index is 1.55. The zero-order chi connectivity index (χ0) is 16.4. The van der Waals surface area contributed by atoms with Crippen LogP contribution in [0, 0.1) is 6.92 Å². The van der Waals surface area contributed by atoms with E-state index in [1.54, 1.807) is 11.8 Å². The minimum absolute atomic E-state index is 0.632. The van der Waals surface area contributed by atoms with Crippen LogP contribution in [0.1, 0.15) is 5.56 Å². The highest BCUT2D eigenvalue weighted by Crippen LogP contribution is 2.25. The fourth-order valence-electron chi connectivity index (χ4n) is 2.78. The van der Waals surface area contributed by atoms with Crippen molar-refractivity contribution in [3.05, 3.63) is 66.2 Å². The number of para-hydroxylation sites is 2. The van der Waals surface area contributed by atoms with Crippen LogP contribution in [-0.2, 0) is 0 Å². The van der Waals surface area contributed by atoms with E-state index in [1.807, 2.05) is 36.4 Å². The minimum atomic E-state index is 0.632. The van der Waals surface area contributed by atoms with Gasteiger partial charge in [-0.1, -0.05) is 48.2 Å². The second-order valence-corrected chi connectivity index (χ2v) is 6.59. The number of aryl methyl sites for hydroxylation is 1. The zero-order valence-electron chi connectivity index (χ0n) is 13.3. The summed E-state index contributed by atoms with van der Waals surface area (Å²) in [5.41, 5.74) is 3.25. The smallest absolute Gasteiger partial charge is 0.196 e. The fraction of sp³-hybridized carbons (Fsp3) is 0.158. The van der Waals surface area contributed by atoms with Gasteiger partial charge in [-0.05, 0) is 36.8 Å². The summed E-state index contributed by atoms with van der Waals surface area (Å²) >= 11 is 1.66. The summed E-state index contributed by atoms with van der Waals surface area (Å²) < 4.78 is 7.87. The van der Waals surface area contributed by atoms with Gasteiger partial charge >= 0.3 is 0 Å². The molecule has 120 valence electrons. The molecule has 0 fully saturated rings. The number of hydrogen-bond donors (Lipinski definition) is 0. The average molecular weight is 335 g/mol. The lowest BCUT2D eigenvalue weighted by molar-refractivity contribution is 0.344. The number of nitrogens with zero attached hydrogens (tertiary/aromatic N) is 3. The first kappa shape index (κ1) is 15.0. The second kappa shape index (κ2) is 6.53. The topological polar surface area (TPSA) is 39.4 Å². The van der Waals surface area contributed by atoms with Gasteiger partial charge in [0.05, 0.1) is 12.1 Å². The van der Waals surface area contributed by atoms with Crippen molar-refractivity contribution in [2.24, 2.45) is 0 Å². The largest absolute Gasteiger partial charge is 0.493 e. The Hall–Kier alpha value is -2.53. The van der Waals surface area contributed by atoms with Crippen LogP contribution in [0.2, 0.25) is 0 Å². The maximum atomic E-state index is 5.74. The summed E-state index contributed by atoms with van der Waals surface area (Å²) in [7, 11) is 0. The Morgan fingerprint density at radius 1 is 1.00 bits per heavy atom. The molecule has 0 aliphatic heterocycles. The Morgan fingerprint density at radius 2 is 1.79 bits per heavy atom. The van der Waals surface area contributed by atoms with Gasteiger partial charge in [-0.3, -0.25) is 4.40 Å². The minimum Gasteiger partial charge on any atom is -0.493 e. The Labute approximate surface area is 144 Å². The predicted octanol–water partition coefficient (Wildman–Crippen LogP) is 4.36. The Morgan fingerprint density at radius 3 is 2.67 bits per heavy atom. The van der Waals surface area contributed by atoms with Gasteiger partial charge in [-0.15, -0.1) is 10.2 Å². The van der Waals surface area contributed by atoms with Gasteiger partial charge in [0.15, 0.2) is 10.8 Å². The highest BCUT2D eigenvalue weighted by molar-refractivity contribution is 7.99. The SMILES string of the molecule is Cc1cc2nnc(SCCOc3ccccc3)n2c2ccccc12. The van der Waals surface area contributed by atoms with Crippen molar-refractivity contribution in [1.29, 1.82) is 0 Å². The third-order valence-corrected chi connectivity index (χ3v) is 4.79. The van der Waals surface area contributed by atoms with Crippen LogP contribution in [0.3, 0.4) is 0 Å². The quantitative estimate of drug-likeness (QED) is 0.401. The number of hydrogen-bond acceptors (Lipinski definition) is 4. The molecule has 0 unspecified atom stereocenters. The van der Waals surface area contributed by atoms with Gasteiger partial charge in [-0.2, -0.15) is 0 Å². The molecule has 4 nitrogen and oxygen atoms in total. The van der Waals surface area contributed by atoms with E-state index >= 15 is 0 Å². The lowest BCUT2D eigenvalue weighted by Crippen LogP contribution is -2.01. The number of thioether (sulfide) groups is 1. The van der Waals surface area contributed by atoms with Gasteiger partial charge < -0.3 is 4.74 Å². The van der Waals surface area contributed by atoms with Crippen LogP contribution < -0.4 is 4.74 Å². The van der Waals surface area contributed by atoms with E-state index in [1.165, 1.54) is 10.9 Å². The molecular weight excluding hydrogens is 318 g/mol. The molecule has 0 atom stereocenters. The van der Waals surface area contributed by atoms with E-state index in [0.717, 1.165) is 27.8 Å². The van der Waals surface area contributed by atoms with E-state index < -0.39 is 0 Å². The highest BCUT2D eigenvalue weighted by Gasteiger charge is 2.11. The molecule has 0 saturated heterocycles. The first-order valence-corrected chi connectivity index (χ1v) is 8.85.